The minimum absolute atomic E-state index is 0.0812. The third kappa shape index (κ3) is 3.81. The van der Waals surface area contributed by atoms with Crippen molar-refractivity contribution in [2.75, 3.05) is 10.6 Å². The van der Waals surface area contributed by atoms with Crippen molar-refractivity contribution < 1.29 is 14.5 Å². The van der Waals surface area contributed by atoms with Crippen molar-refractivity contribution in [3.8, 4) is 0 Å². The maximum absolute atomic E-state index is 12.1. The molecule has 0 saturated carbocycles. The Balaban J connectivity index is 1.62. The highest BCUT2D eigenvalue weighted by Gasteiger charge is 2.16. The van der Waals surface area contributed by atoms with Crippen LogP contribution in [0.25, 0.3) is 0 Å². The summed E-state index contributed by atoms with van der Waals surface area (Å²) < 4.78 is 5.24. The molecular formula is C18H16N4O4. The highest BCUT2D eigenvalue weighted by molar-refractivity contribution is 5.75. The van der Waals surface area contributed by atoms with Gasteiger partial charge in [0.05, 0.1) is 16.3 Å². The van der Waals surface area contributed by atoms with E-state index >= 15 is 0 Å². The molecule has 0 atom stereocenters. The fraction of sp³-hybridized carbons (Fsp3) is 0.0556. The molecule has 0 spiro atoms. The van der Waals surface area contributed by atoms with Gasteiger partial charge < -0.3 is 15.4 Å². The zero-order valence-corrected chi connectivity index (χ0v) is 13.7. The summed E-state index contributed by atoms with van der Waals surface area (Å²) in [6, 6.07) is 13.6. The van der Waals surface area contributed by atoms with Crippen molar-refractivity contribution in [3.63, 3.8) is 0 Å². The van der Waals surface area contributed by atoms with Gasteiger partial charge in [0, 0.05) is 36.9 Å². The van der Waals surface area contributed by atoms with Gasteiger partial charge in [-0.05, 0) is 11.6 Å². The molecule has 8 heteroatoms. The lowest BCUT2D eigenvalue weighted by Crippen LogP contribution is -2.26. The zero-order chi connectivity index (χ0) is 18.5. The first-order valence-corrected chi connectivity index (χ1v) is 7.72. The predicted octanol–water partition coefficient (Wildman–Crippen LogP) is 3.58. The van der Waals surface area contributed by atoms with Gasteiger partial charge in [0.2, 0.25) is 0 Å². The molecule has 2 aromatic rings. The Labute approximate surface area is 149 Å². The standard InChI is InChI=1S/C18H16N4O4/c19-16-12-15(22(24)25)6-7-17(16)20-8-10-21(11-9-20)18(23)26-13-14-4-2-1-3-5-14/h1-12H,13,19H2. The molecule has 0 saturated heterocycles. The fourth-order valence-electron chi connectivity index (χ4n) is 2.35. The van der Waals surface area contributed by atoms with Crippen molar-refractivity contribution in [1.29, 1.82) is 0 Å². The monoisotopic (exact) mass is 352 g/mol. The summed E-state index contributed by atoms with van der Waals surface area (Å²) in [5, 5.41) is 10.8. The first kappa shape index (κ1) is 17.0. The van der Waals surface area contributed by atoms with E-state index in [2.05, 4.69) is 0 Å². The lowest BCUT2D eigenvalue weighted by atomic mass is 10.2. The van der Waals surface area contributed by atoms with Crippen LogP contribution in [0.3, 0.4) is 0 Å². The molecule has 1 aliphatic heterocycles. The SMILES string of the molecule is Nc1cc([N+](=O)[O-])ccc1N1C=CN(C(=O)OCc2ccccc2)C=C1. The first-order valence-electron chi connectivity index (χ1n) is 7.72. The Morgan fingerprint density at radius 1 is 1.08 bits per heavy atom. The number of ether oxygens (including phenoxy) is 1. The smallest absolute Gasteiger partial charge is 0.418 e. The molecule has 26 heavy (non-hydrogen) atoms. The number of non-ortho nitro benzene ring substituents is 1. The summed E-state index contributed by atoms with van der Waals surface area (Å²) in [5.74, 6) is 0. The van der Waals surface area contributed by atoms with E-state index in [4.69, 9.17) is 10.5 Å². The van der Waals surface area contributed by atoms with Crippen LogP contribution in [0.15, 0.2) is 73.3 Å². The number of amides is 1. The number of carbonyl (C=O) groups excluding carboxylic acids is 1. The van der Waals surface area contributed by atoms with Crippen LogP contribution in [0, 0.1) is 10.1 Å². The number of rotatable bonds is 4. The van der Waals surface area contributed by atoms with E-state index in [9.17, 15) is 14.9 Å². The Morgan fingerprint density at radius 3 is 2.38 bits per heavy atom. The number of nitrogens with zero attached hydrogens (tertiary/aromatic N) is 3. The summed E-state index contributed by atoms with van der Waals surface area (Å²) in [6.07, 6.45) is 5.75. The van der Waals surface area contributed by atoms with Gasteiger partial charge in [0.15, 0.2) is 0 Å². The van der Waals surface area contributed by atoms with E-state index in [-0.39, 0.29) is 18.0 Å². The number of carbonyl (C=O) groups is 1. The number of anilines is 2. The third-order valence-corrected chi connectivity index (χ3v) is 3.69. The molecule has 8 nitrogen and oxygen atoms in total. The molecule has 2 N–H and O–H groups in total. The van der Waals surface area contributed by atoms with Gasteiger partial charge in [-0.3, -0.25) is 15.0 Å². The Bertz CT molecular complexity index is 866. The molecule has 0 aliphatic carbocycles. The normalized spacial score (nSPS) is 12.9. The molecule has 0 aromatic heterocycles. The number of nitro groups is 1. The van der Waals surface area contributed by atoms with E-state index in [0.717, 1.165) is 5.56 Å². The number of nitrogen functional groups attached to an aromatic ring is 1. The van der Waals surface area contributed by atoms with Crippen LogP contribution < -0.4 is 10.6 Å². The summed E-state index contributed by atoms with van der Waals surface area (Å²) >= 11 is 0. The molecule has 132 valence electrons. The first-order chi connectivity index (χ1) is 12.5. The summed E-state index contributed by atoms with van der Waals surface area (Å²) in [7, 11) is 0. The van der Waals surface area contributed by atoms with Crippen molar-refractivity contribution in [2.45, 2.75) is 6.61 Å². The molecule has 3 rings (SSSR count). The number of hydrogen-bond donors (Lipinski definition) is 1. The maximum atomic E-state index is 12.1. The minimum Gasteiger partial charge on any atom is -0.444 e. The van der Waals surface area contributed by atoms with Crippen molar-refractivity contribution in [3.05, 3.63) is 89.0 Å². The maximum Gasteiger partial charge on any atom is 0.418 e. The van der Waals surface area contributed by atoms with Crippen LogP contribution >= 0.6 is 0 Å². The van der Waals surface area contributed by atoms with Crippen LogP contribution in [0.4, 0.5) is 21.9 Å². The topological polar surface area (TPSA) is 102 Å². The second-order valence-electron chi connectivity index (χ2n) is 5.45. The van der Waals surface area contributed by atoms with Crippen molar-refractivity contribution in [2.24, 2.45) is 0 Å². The molecular weight excluding hydrogens is 336 g/mol. The van der Waals surface area contributed by atoms with Crippen LogP contribution in [-0.4, -0.2) is 15.9 Å². The van der Waals surface area contributed by atoms with Crippen molar-refractivity contribution >= 4 is 23.2 Å². The van der Waals surface area contributed by atoms with Gasteiger partial charge in [0.1, 0.15) is 6.61 Å². The number of nitro benzene ring substituents is 1. The average Bonchev–Trinajstić information content (AvgIpc) is 2.67. The lowest BCUT2D eigenvalue weighted by Gasteiger charge is -2.24. The third-order valence-electron chi connectivity index (χ3n) is 3.69. The second-order valence-corrected chi connectivity index (χ2v) is 5.45. The van der Waals surface area contributed by atoms with Crippen LogP contribution in [-0.2, 0) is 11.3 Å². The van der Waals surface area contributed by atoms with Gasteiger partial charge >= 0.3 is 6.09 Å². The molecule has 1 amide bonds. The molecule has 0 fully saturated rings. The number of benzene rings is 2. The average molecular weight is 352 g/mol. The number of hydrogen-bond acceptors (Lipinski definition) is 6. The number of nitrogens with two attached hydrogens (primary N) is 1. The summed E-state index contributed by atoms with van der Waals surface area (Å²) in [4.78, 5) is 25.3. The van der Waals surface area contributed by atoms with Gasteiger partial charge in [-0.2, -0.15) is 0 Å². The molecule has 1 heterocycles. The molecule has 0 unspecified atom stereocenters. The predicted molar refractivity (Wildman–Crippen MR) is 96.7 cm³/mol. The fourth-order valence-corrected chi connectivity index (χ4v) is 2.35. The Morgan fingerprint density at radius 2 is 1.77 bits per heavy atom. The molecule has 0 bridgehead atoms. The largest absolute Gasteiger partial charge is 0.444 e. The van der Waals surface area contributed by atoms with Crippen LogP contribution in [0.5, 0.6) is 0 Å². The zero-order valence-electron chi connectivity index (χ0n) is 13.7. The van der Waals surface area contributed by atoms with E-state index in [1.54, 1.807) is 23.4 Å². The minimum atomic E-state index is -0.516. The van der Waals surface area contributed by atoms with E-state index in [1.807, 2.05) is 30.3 Å². The summed E-state index contributed by atoms with van der Waals surface area (Å²) in [6.45, 7) is 0.177. The van der Waals surface area contributed by atoms with Gasteiger partial charge in [0.25, 0.3) is 5.69 Å². The summed E-state index contributed by atoms with van der Waals surface area (Å²) in [5.41, 5.74) is 7.52. The van der Waals surface area contributed by atoms with Crippen LogP contribution in [0.2, 0.25) is 0 Å². The molecule has 0 radical (unpaired) electrons. The lowest BCUT2D eigenvalue weighted by molar-refractivity contribution is -0.384. The van der Waals surface area contributed by atoms with E-state index in [0.29, 0.717) is 5.69 Å². The van der Waals surface area contributed by atoms with Crippen molar-refractivity contribution in [1.82, 2.24) is 4.90 Å². The van der Waals surface area contributed by atoms with Crippen LogP contribution in [0.1, 0.15) is 5.56 Å². The van der Waals surface area contributed by atoms with Gasteiger partial charge in [-0.1, -0.05) is 30.3 Å². The molecule has 2 aromatic carbocycles. The Hall–Kier alpha value is -3.81. The van der Waals surface area contributed by atoms with Gasteiger partial charge in [-0.25, -0.2) is 4.79 Å². The Kier molecular flexibility index (Phi) is 4.84. The van der Waals surface area contributed by atoms with E-state index in [1.165, 1.54) is 29.4 Å². The highest BCUT2D eigenvalue weighted by atomic mass is 16.6. The molecule has 1 aliphatic rings. The van der Waals surface area contributed by atoms with E-state index < -0.39 is 11.0 Å². The van der Waals surface area contributed by atoms with Gasteiger partial charge in [-0.15, -0.1) is 0 Å². The second kappa shape index (κ2) is 7.39. The quantitative estimate of drug-likeness (QED) is 0.513. The highest BCUT2D eigenvalue weighted by Crippen LogP contribution is 2.29.